The van der Waals surface area contributed by atoms with Crippen LogP contribution in [0.4, 0.5) is 22.0 Å². The van der Waals surface area contributed by atoms with E-state index in [2.05, 4.69) is 5.32 Å². The van der Waals surface area contributed by atoms with E-state index in [0.29, 0.717) is 12.2 Å². The predicted octanol–water partition coefficient (Wildman–Crippen LogP) is 2.71. The molecule has 0 rings (SSSR count). The van der Waals surface area contributed by atoms with E-state index in [0.717, 1.165) is 13.0 Å². The van der Waals surface area contributed by atoms with Gasteiger partial charge in [0.25, 0.3) is 0 Å². The number of hydrogen-bond acceptors (Lipinski definition) is 2. The van der Waals surface area contributed by atoms with Gasteiger partial charge in [0.2, 0.25) is 0 Å². The normalized spacial score (nSPS) is 14.8. The topological polar surface area (TPSA) is 35.1 Å². The van der Waals surface area contributed by atoms with Crippen LogP contribution in [0.1, 0.15) is 25.7 Å². The summed E-state index contributed by atoms with van der Waals surface area (Å²) in [6.45, 7) is 0.767. The zero-order chi connectivity index (χ0) is 14.2. The van der Waals surface area contributed by atoms with Crippen LogP contribution in [0.5, 0.6) is 0 Å². The Balaban J connectivity index is 3.71. The van der Waals surface area contributed by atoms with Gasteiger partial charge in [-0.05, 0) is 32.9 Å². The molecule has 0 aromatic heterocycles. The van der Waals surface area contributed by atoms with Crippen molar-refractivity contribution in [1.29, 1.82) is 0 Å². The van der Waals surface area contributed by atoms with Crippen molar-refractivity contribution in [1.82, 2.24) is 5.32 Å². The fraction of sp³-hybridized carbons (Fsp3) is 1.00. The van der Waals surface area contributed by atoms with Crippen molar-refractivity contribution in [3.8, 4) is 0 Å². The molecule has 0 aliphatic carbocycles. The number of nitrogens with one attached hydrogen (secondary N) is 1. The van der Waals surface area contributed by atoms with Gasteiger partial charge in [-0.3, -0.25) is 0 Å². The Kier molecular flexibility index (Phi) is 8.13. The van der Waals surface area contributed by atoms with Crippen molar-refractivity contribution in [3.63, 3.8) is 0 Å². The van der Waals surface area contributed by atoms with Crippen LogP contribution in [0.2, 0.25) is 0 Å². The van der Waals surface area contributed by atoms with Crippen molar-refractivity contribution in [2.24, 2.45) is 0 Å². The molecule has 0 spiro atoms. The Morgan fingerprint density at radius 3 is 2.06 bits per heavy atom. The summed E-state index contributed by atoms with van der Waals surface area (Å²) in [7, 11) is 1.77. The van der Waals surface area contributed by atoms with Crippen molar-refractivity contribution in [2.75, 3.05) is 25.1 Å². The maximum absolute atomic E-state index is 12.5. The first-order valence-electron chi connectivity index (χ1n) is 5.65. The lowest BCUT2D eigenvalue weighted by molar-refractivity contribution is -0.284. The van der Waals surface area contributed by atoms with Gasteiger partial charge in [-0.2, -0.15) is 22.0 Å². The average Bonchev–Trinajstić information content (AvgIpc) is 2.22. The van der Waals surface area contributed by atoms with Gasteiger partial charge in [-0.1, -0.05) is 11.2 Å². The summed E-state index contributed by atoms with van der Waals surface area (Å²) in [6, 6.07) is 0. The van der Waals surface area contributed by atoms with Gasteiger partial charge >= 0.3 is 12.1 Å². The number of alkyl halides is 5. The maximum atomic E-state index is 12.5. The van der Waals surface area contributed by atoms with E-state index in [1.807, 2.05) is 0 Å². The van der Waals surface area contributed by atoms with Gasteiger partial charge in [0.1, 0.15) is 11.5 Å². The smallest absolute Gasteiger partial charge is 0.453 e. The minimum Gasteiger partial charge on any atom is -0.616 e. The zero-order valence-corrected chi connectivity index (χ0v) is 11.0. The second-order valence-electron chi connectivity index (χ2n) is 3.96. The molecule has 0 aliphatic rings. The summed E-state index contributed by atoms with van der Waals surface area (Å²) in [5.41, 5.74) is 0. The number of halogens is 5. The second kappa shape index (κ2) is 8.16. The van der Waals surface area contributed by atoms with Gasteiger partial charge < -0.3 is 9.87 Å². The van der Waals surface area contributed by atoms with Crippen LogP contribution in [0.3, 0.4) is 0 Å². The third-order valence-corrected chi connectivity index (χ3v) is 3.81. The van der Waals surface area contributed by atoms with Gasteiger partial charge in [0, 0.05) is 6.42 Å². The van der Waals surface area contributed by atoms with Crippen molar-refractivity contribution in [3.05, 3.63) is 0 Å². The Hall–Kier alpha value is -0.0800. The molecule has 2 nitrogen and oxygen atoms in total. The molecule has 1 atom stereocenters. The standard InChI is InChI=1S/C10H18F5NOS/c1-16-6-2-3-7-18(17)8-4-5-9(11,12)10(13,14)15/h16H,2-8H2,1H3. The molecule has 0 aliphatic heterocycles. The van der Waals surface area contributed by atoms with Crippen LogP contribution in [0.25, 0.3) is 0 Å². The Morgan fingerprint density at radius 1 is 1.00 bits per heavy atom. The third kappa shape index (κ3) is 7.38. The highest BCUT2D eigenvalue weighted by atomic mass is 32.2. The van der Waals surface area contributed by atoms with Gasteiger partial charge in [0.15, 0.2) is 0 Å². The molecule has 0 bridgehead atoms. The summed E-state index contributed by atoms with van der Waals surface area (Å²) >= 11 is -1.31. The van der Waals surface area contributed by atoms with E-state index in [9.17, 15) is 26.5 Å². The molecular formula is C10H18F5NOS. The molecule has 0 amide bonds. The first-order valence-corrected chi connectivity index (χ1v) is 7.13. The number of hydrogen-bond donors (Lipinski definition) is 1. The van der Waals surface area contributed by atoms with E-state index >= 15 is 0 Å². The largest absolute Gasteiger partial charge is 0.616 e. The van der Waals surface area contributed by atoms with E-state index in [4.69, 9.17) is 0 Å². The van der Waals surface area contributed by atoms with E-state index in [1.165, 1.54) is 0 Å². The first kappa shape index (κ1) is 17.9. The highest BCUT2D eigenvalue weighted by Gasteiger charge is 2.56. The quantitative estimate of drug-likeness (QED) is 0.403. The minimum absolute atomic E-state index is 0.106. The molecule has 0 radical (unpaired) electrons. The zero-order valence-electron chi connectivity index (χ0n) is 10.2. The van der Waals surface area contributed by atoms with Crippen molar-refractivity contribution >= 4 is 11.2 Å². The van der Waals surface area contributed by atoms with Gasteiger partial charge in [-0.25, -0.2) is 0 Å². The third-order valence-electron chi connectivity index (χ3n) is 2.33. The minimum atomic E-state index is -5.51. The first-order chi connectivity index (χ1) is 8.20. The molecule has 0 heterocycles. The highest BCUT2D eigenvalue weighted by Crippen LogP contribution is 2.38. The summed E-state index contributed by atoms with van der Waals surface area (Å²) in [4.78, 5) is 0. The van der Waals surface area contributed by atoms with E-state index in [1.54, 1.807) is 7.05 Å². The van der Waals surface area contributed by atoms with Crippen molar-refractivity contribution < 1.29 is 26.5 Å². The summed E-state index contributed by atoms with van der Waals surface area (Å²) in [5, 5.41) is 2.90. The summed E-state index contributed by atoms with van der Waals surface area (Å²) in [5.74, 6) is -4.44. The van der Waals surface area contributed by atoms with Crippen LogP contribution >= 0.6 is 0 Å². The fourth-order valence-corrected chi connectivity index (χ4v) is 2.46. The Labute approximate surface area is 106 Å². The van der Waals surface area contributed by atoms with Crippen LogP contribution in [-0.4, -0.2) is 41.7 Å². The summed E-state index contributed by atoms with van der Waals surface area (Å²) in [6.07, 6.45) is -5.71. The molecule has 110 valence electrons. The van der Waals surface area contributed by atoms with E-state index in [-0.39, 0.29) is 12.2 Å². The SMILES string of the molecule is CNCCCC[S+]([O-])CCCC(F)(F)C(F)(F)F. The lowest BCUT2D eigenvalue weighted by Crippen LogP contribution is -2.36. The molecule has 1 N–H and O–H groups in total. The molecule has 0 saturated carbocycles. The molecule has 18 heavy (non-hydrogen) atoms. The van der Waals surface area contributed by atoms with Crippen LogP contribution in [0, 0.1) is 0 Å². The molecule has 1 unspecified atom stereocenters. The Morgan fingerprint density at radius 2 is 1.56 bits per heavy atom. The predicted molar refractivity (Wildman–Crippen MR) is 61.3 cm³/mol. The molecule has 0 aromatic carbocycles. The molecular weight excluding hydrogens is 277 g/mol. The second-order valence-corrected chi connectivity index (χ2v) is 5.66. The van der Waals surface area contributed by atoms with Crippen LogP contribution in [-0.2, 0) is 11.2 Å². The lowest BCUT2D eigenvalue weighted by Gasteiger charge is -2.19. The maximum Gasteiger partial charge on any atom is 0.453 e. The van der Waals surface area contributed by atoms with Gasteiger partial charge in [-0.15, -0.1) is 0 Å². The molecule has 0 saturated heterocycles. The number of rotatable bonds is 9. The van der Waals surface area contributed by atoms with E-state index < -0.39 is 29.7 Å². The van der Waals surface area contributed by atoms with Crippen LogP contribution in [0.15, 0.2) is 0 Å². The Bertz CT molecular complexity index is 225. The lowest BCUT2D eigenvalue weighted by atomic mass is 10.2. The van der Waals surface area contributed by atoms with Crippen molar-refractivity contribution in [2.45, 2.75) is 37.8 Å². The fourth-order valence-electron chi connectivity index (χ4n) is 1.26. The molecule has 8 heteroatoms. The highest BCUT2D eigenvalue weighted by molar-refractivity contribution is 7.91. The molecule has 0 fully saturated rings. The number of unbranched alkanes of at least 4 members (excludes halogenated alkanes) is 1. The summed E-state index contributed by atoms with van der Waals surface area (Å²) < 4.78 is 71.7. The monoisotopic (exact) mass is 295 g/mol. The average molecular weight is 295 g/mol. The van der Waals surface area contributed by atoms with Gasteiger partial charge in [0.05, 0.1) is 0 Å². The van der Waals surface area contributed by atoms with Crippen LogP contribution < -0.4 is 5.32 Å². The molecule has 0 aromatic rings.